The molecule has 2 aliphatic rings. The van der Waals surface area contributed by atoms with Crippen LogP contribution in [0.15, 0.2) is 48.5 Å². The first kappa shape index (κ1) is 38.9. The number of piperidine rings is 2. The van der Waals surface area contributed by atoms with Crippen molar-refractivity contribution in [1.82, 2.24) is 9.80 Å². The van der Waals surface area contributed by atoms with Crippen LogP contribution in [-0.4, -0.2) is 85.5 Å². The maximum absolute atomic E-state index is 12.9. The second kappa shape index (κ2) is 16.7. The Kier molecular flexibility index (Phi) is 13.3. The molecule has 0 aromatic heterocycles. The average Bonchev–Trinajstić information content (AvgIpc) is 3.07. The molecular formula is C33H38F6N2O8. The van der Waals surface area contributed by atoms with Crippen LogP contribution in [0.5, 0.6) is 0 Å². The number of carbonyl (C=O) groups excluding carboxylic acids is 3. The van der Waals surface area contributed by atoms with E-state index in [0.29, 0.717) is 30.4 Å². The van der Waals surface area contributed by atoms with Crippen molar-refractivity contribution in [1.29, 1.82) is 0 Å². The lowest BCUT2D eigenvalue weighted by molar-refractivity contribution is -0.147. The van der Waals surface area contributed by atoms with Crippen molar-refractivity contribution in [3.63, 3.8) is 0 Å². The Morgan fingerprint density at radius 2 is 1.10 bits per heavy atom. The van der Waals surface area contributed by atoms with Crippen LogP contribution in [0, 0.1) is 11.8 Å². The fraction of sp³-hybridized carbons (Fsp3) is 0.515. The maximum atomic E-state index is 12.9. The van der Waals surface area contributed by atoms with E-state index in [1.165, 1.54) is 49.3 Å². The first-order chi connectivity index (χ1) is 23.0. The molecule has 4 atom stereocenters. The zero-order chi connectivity index (χ0) is 36.5. The number of amides is 2. The highest BCUT2D eigenvalue weighted by Crippen LogP contribution is 2.33. The molecule has 4 unspecified atom stereocenters. The molecule has 0 aliphatic carbocycles. The van der Waals surface area contributed by atoms with E-state index in [4.69, 9.17) is 14.2 Å². The van der Waals surface area contributed by atoms with Crippen LogP contribution in [0.25, 0.3) is 0 Å². The lowest BCUT2D eigenvalue weighted by Gasteiger charge is -2.37. The van der Waals surface area contributed by atoms with Gasteiger partial charge in [-0.15, -0.1) is 0 Å². The normalized spacial score (nSPS) is 21.2. The molecule has 2 aliphatic heterocycles. The van der Waals surface area contributed by atoms with E-state index in [9.17, 15) is 50.6 Å². The number of carboxylic acid groups (broad SMARTS) is 1. The van der Waals surface area contributed by atoms with Gasteiger partial charge >= 0.3 is 36.5 Å². The van der Waals surface area contributed by atoms with E-state index in [2.05, 4.69) is 0 Å². The summed E-state index contributed by atoms with van der Waals surface area (Å²) in [4.78, 5) is 49.6. The zero-order valence-corrected chi connectivity index (χ0v) is 27.1. The number of hydrogen-bond acceptors (Lipinski definition) is 7. The number of hydrogen-bond donors (Lipinski definition) is 1. The minimum atomic E-state index is -4.45. The number of nitrogens with zero attached hydrogens (tertiary/aromatic N) is 2. The molecule has 2 amide bonds. The summed E-state index contributed by atoms with van der Waals surface area (Å²) in [6, 6.07) is 8.87. The third kappa shape index (κ3) is 10.7. The number of rotatable bonds is 6. The molecule has 2 aromatic rings. The van der Waals surface area contributed by atoms with Gasteiger partial charge in [-0.2, -0.15) is 26.3 Å². The topological polar surface area (TPSA) is 123 Å². The van der Waals surface area contributed by atoms with Gasteiger partial charge in [0, 0.05) is 25.2 Å². The number of benzene rings is 2. The molecule has 0 bridgehead atoms. The second-order valence-electron chi connectivity index (χ2n) is 11.7. The Bertz CT molecular complexity index is 1470. The molecule has 2 heterocycles. The molecule has 16 heteroatoms. The summed E-state index contributed by atoms with van der Waals surface area (Å²) in [5.41, 5.74) is -0.667. The third-order valence-electron chi connectivity index (χ3n) is 8.58. The number of aliphatic carboxylic acids is 1. The van der Waals surface area contributed by atoms with E-state index < -0.39 is 59.6 Å². The van der Waals surface area contributed by atoms with E-state index in [1.54, 1.807) is 6.07 Å². The van der Waals surface area contributed by atoms with Crippen molar-refractivity contribution in [2.24, 2.45) is 11.8 Å². The van der Waals surface area contributed by atoms with Crippen LogP contribution in [-0.2, 0) is 49.0 Å². The molecule has 2 aromatic carbocycles. The van der Waals surface area contributed by atoms with Crippen molar-refractivity contribution in [2.75, 3.05) is 34.4 Å². The third-order valence-corrected chi connectivity index (χ3v) is 8.58. The number of alkyl halides is 6. The van der Waals surface area contributed by atoms with Crippen molar-refractivity contribution >= 4 is 24.1 Å². The van der Waals surface area contributed by atoms with Gasteiger partial charge in [0.05, 0.1) is 44.3 Å². The number of carboxylic acids is 1. The van der Waals surface area contributed by atoms with Crippen molar-refractivity contribution in [3.05, 3.63) is 70.8 Å². The van der Waals surface area contributed by atoms with Gasteiger partial charge in [-0.05, 0) is 61.8 Å². The highest BCUT2D eigenvalue weighted by Gasteiger charge is 2.38. The Hall–Kier alpha value is -4.50. The molecule has 0 spiro atoms. The van der Waals surface area contributed by atoms with Gasteiger partial charge in [0.15, 0.2) is 0 Å². The maximum Gasteiger partial charge on any atom is 0.416 e. The highest BCUT2D eigenvalue weighted by molar-refractivity contribution is 5.74. The largest absolute Gasteiger partial charge is 0.481 e. The number of methoxy groups -OCH3 is 3. The molecule has 0 saturated carbocycles. The quantitative estimate of drug-likeness (QED) is 0.207. The standard InChI is InChI=1S/C17H20F3NO4.C16H18F3NO4/c1-24-15(22)12-6-7-21(16(23)25-2)14(10-12)9-11-4-3-5-13(8-11)17(18,19)20;1-24-15(23)20-6-5-11(14(21)22)9-13(20)8-10-3-2-4-12(7-10)16(17,18)19/h3-5,8,12,14H,6-7,9-10H2,1-2H3;2-4,7,11,13H,5-6,8-9H2,1H3,(H,21,22). The molecule has 1 N–H and O–H groups in total. The molecule has 270 valence electrons. The van der Waals surface area contributed by atoms with E-state index >= 15 is 0 Å². The molecule has 2 saturated heterocycles. The lowest BCUT2D eigenvalue weighted by atomic mass is 9.87. The average molecular weight is 705 g/mol. The predicted molar refractivity (Wildman–Crippen MR) is 161 cm³/mol. The van der Waals surface area contributed by atoms with Crippen molar-refractivity contribution in [3.8, 4) is 0 Å². The molecule has 2 fully saturated rings. The monoisotopic (exact) mass is 704 g/mol. The first-order valence-corrected chi connectivity index (χ1v) is 15.3. The van der Waals surface area contributed by atoms with Crippen LogP contribution in [0.3, 0.4) is 0 Å². The van der Waals surface area contributed by atoms with Gasteiger partial charge in [0.25, 0.3) is 0 Å². The summed E-state index contributed by atoms with van der Waals surface area (Å²) in [6.07, 6.45) is -8.47. The molecular weight excluding hydrogens is 666 g/mol. The SMILES string of the molecule is COC(=O)C1CCN(C(=O)OC)C(Cc2cccc(C(F)(F)F)c2)C1.COC(=O)N1CCC(C(=O)O)CC1Cc1cccc(C(F)(F)F)c1. The second-order valence-corrected chi connectivity index (χ2v) is 11.7. The van der Waals surface area contributed by atoms with Crippen LogP contribution < -0.4 is 0 Å². The van der Waals surface area contributed by atoms with Crippen LogP contribution in [0.2, 0.25) is 0 Å². The molecule has 4 rings (SSSR count). The van der Waals surface area contributed by atoms with Crippen LogP contribution >= 0.6 is 0 Å². The van der Waals surface area contributed by atoms with Crippen molar-refractivity contribution < 1.29 is 64.8 Å². The Morgan fingerprint density at radius 3 is 1.47 bits per heavy atom. The predicted octanol–water partition coefficient (Wildman–Crippen LogP) is 6.45. The highest BCUT2D eigenvalue weighted by atomic mass is 19.4. The van der Waals surface area contributed by atoms with Crippen LogP contribution in [0.4, 0.5) is 35.9 Å². The lowest BCUT2D eigenvalue weighted by Crippen LogP contribution is -2.48. The summed E-state index contributed by atoms with van der Waals surface area (Å²) in [5.74, 6) is -2.35. The van der Waals surface area contributed by atoms with Crippen molar-refractivity contribution in [2.45, 2.75) is 63.0 Å². The Labute approximate surface area is 278 Å². The summed E-state index contributed by atoms with van der Waals surface area (Å²) in [5, 5.41) is 9.17. The van der Waals surface area contributed by atoms with E-state index in [1.807, 2.05) is 0 Å². The molecule has 10 nitrogen and oxygen atoms in total. The summed E-state index contributed by atoms with van der Waals surface area (Å²) in [6.45, 7) is 0.489. The van der Waals surface area contributed by atoms with Gasteiger partial charge in [-0.25, -0.2) is 9.59 Å². The Morgan fingerprint density at radius 1 is 0.694 bits per heavy atom. The zero-order valence-electron chi connectivity index (χ0n) is 27.1. The minimum absolute atomic E-state index is 0.142. The number of carbonyl (C=O) groups is 4. The summed E-state index contributed by atoms with van der Waals surface area (Å²) in [7, 11) is 3.75. The smallest absolute Gasteiger partial charge is 0.416 e. The Balaban J connectivity index is 0.000000266. The van der Waals surface area contributed by atoms with Gasteiger partial charge in [0.2, 0.25) is 0 Å². The van der Waals surface area contributed by atoms with E-state index in [0.717, 1.165) is 24.3 Å². The fourth-order valence-corrected chi connectivity index (χ4v) is 6.10. The fourth-order valence-electron chi connectivity index (χ4n) is 6.10. The minimum Gasteiger partial charge on any atom is -0.481 e. The number of likely N-dealkylation sites (tertiary alicyclic amines) is 2. The van der Waals surface area contributed by atoms with Gasteiger partial charge in [-0.3, -0.25) is 9.59 Å². The summed E-state index contributed by atoms with van der Waals surface area (Å²) >= 11 is 0. The van der Waals surface area contributed by atoms with Gasteiger partial charge < -0.3 is 29.1 Å². The van der Waals surface area contributed by atoms with E-state index in [-0.39, 0.29) is 44.2 Å². The number of ether oxygens (including phenoxy) is 3. The molecule has 0 radical (unpaired) electrons. The summed E-state index contributed by atoms with van der Waals surface area (Å²) < 4.78 is 91.2. The van der Waals surface area contributed by atoms with Gasteiger partial charge in [-0.1, -0.05) is 36.4 Å². The number of halogens is 6. The van der Waals surface area contributed by atoms with Gasteiger partial charge in [0.1, 0.15) is 0 Å². The molecule has 49 heavy (non-hydrogen) atoms. The first-order valence-electron chi connectivity index (χ1n) is 15.3. The van der Waals surface area contributed by atoms with Crippen LogP contribution in [0.1, 0.15) is 47.9 Å². The number of esters is 1.